The van der Waals surface area contributed by atoms with Crippen molar-refractivity contribution in [1.29, 1.82) is 0 Å². The summed E-state index contributed by atoms with van der Waals surface area (Å²) in [5.74, 6) is 0.744. The maximum atomic E-state index is 12.3. The van der Waals surface area contributed by atoms with E-state index in [2.05, 4.69) is 5.32 Å². The van der Waals surface area contributed by atoms with Crippen LogP contribution in [0.5, 0.6) is 5.75 Å². The first-order valence-corrected chi connectivity index (χ1v) is 7.90. The van der Waals surface area contributed by atoms with Gasteiger partial charge < -0.3 is 10.1 Å². The van der Waals surface area contributed by atoms with Crippen LogP contribution in [-0.2, 0) is 4.79 Å². The normalized spacial score (nSPS) is 11.2. The molecular weight excluding hydrogens is 310 g/mol. The number of amides is 1. The molecule has 122 valence electrons. The predicted octanol–water partition coefficient (Wildman–Crippen LogP) is 5.39. The third kappa shape index (κ3) is 5.00. The fourth-order valence-corrected chi connectivity index (χ4v) is 2.51. The van der Waals surface area contributed by atoms with Gasteiger partial charge in [-0.3, -0.25) is 4.79 Å². The molecule has 0 saturated carbocycles. The molecule has 0 atom stereocenters. The van der Waals surface area contributed by atoms with Crippen LogP contribution in [0.1, 0.15) is 27.2 Å². The van der Waals surface area contributed by atoms with E-state index < -0.39 is 0 Å². The molecule has 0 saturated heterocycles. The van der Waals surface area contributed by atoms with Gasteiger partial charge in [0.25, 0.3) is 0 Å². The summed E-state index contributed by atoms with van der Waals surface area (Å²) in [7, 11) is 1.63. The summed E-state index contributed by atoms with van der Waals surface area (Å²) in [5.41, 5.74) is 2.52. The lowest BCUT2D eigenvalue weighted by molar-refractivity contribution is -0.117. The number of carbonyl (C=O) groups is 1. The molecule has 0 fully saturated rings. The molecule has 1 amide bonds. The van der Waals surface area contributed by atoms with Gasteiger partial charge in [-0.15, -0.1) is 0 Å². The molecule has 0 aliphatic rings. The molecule has 23 heavy (non-hydrogen) atoms. The van der Waals surface area contributed by atoms with Crippen molar-refractivity contribution in [3.8, 4) is 16.9 Å². The molecule has 0 radical (unpaired) electrons. The first-order chi connectivity index (χ1) is 10.8. The van der Waals surface area contributed by atoms with Crippen molar-refractivity contribution in [2.24, 2.45) is 5.41 Å². The van der Waals surface area contributed by atoms with Crippen molar-refractivity contribution in [2.75, 3.05) is 12.4 Å². The summed E-state index contributed by atoms with van der Waals surface area (Å²) >= 11 is 6.10. The quantitative estimate of drug-likeness (QED) is 0.815. The Bertz CT molecular complexity index is 705. The number of hydrogen-bond donors (Lipinski definition) is 1. The number of nitrogens with one attached hydrogen (secondary N) is 1. The Morgan fingerprint density at radius 2 is 1.91 bits per heavy atom. The van der Waals surface area contributed by atoms with E-state index in [0.717, 1.165) is 16.9 Å². The van der Waals surface area contributed by atoms with E-state index in [0.29, 0.717) is 17.1 Å². The van der Waals surface area contributed by atoms with Crippen molar-refractivity contribution in [2.45, 2.75) is 27.2 Å². The second kappa shape index (κ2) is 7.05. The average Bonchev–Trinajstić information content (AvgIpc) is 2.45. The Hall–Kier alpha value is -2.00. The largest absolute Gasteiger partial charge is 0.497 e. The molecule has 0 heterocycles. The summed E-state index contributed by atoms with van der Waals surface area (Å²) in [6.07, 6.45) is 0.442. The molecule has 1 N–H and O–H groups in total. The number of rotatable bonds is 4. The van der Waals surface area contributed by atoms with Crippen molar-refractivity contribution >= 4 is 23.2 Å². The summed E-state index contributed by atoms with van der Waals surface area (Å²) in [4.78, 5) is 12.3. The minimum atomic E-state index is -0.0706. The van der Waals surface area contributed by atoms with E-state index in [1.165, 1.54) is 0 Å². The van der Waals surface area contributed by atoms with Crippen LogP contribution in [0.4, 0.5) is 5.69 Å². The number of methoxy groups -OCH3 is 1. The van der Waals surface area contributed by atoms with E-state index in [-0.39, 0.29) is 11.3 Å². The monoisotopic (exact) mass is 331 g/mol. The second-order valence-electron chi connectivity index (χ2n) is 6.71. The molecule has 0 bridgehead atoms. The highest BCUT2D eigenvalue weighted by molar-refractivity contribution is 6.31. The van der Waals surface area contributed by atoms with Crippen LogP contribution in [0.3, 0.4) is 0 Å². The van der Waals surface area contributed by atoms with E-state index in [4.69, 9.17) is 16.3 Å². The van der Waals surface area contributed by atoms with E-state index in [1.807, 2.05) is 57.2 Å². The van der Waals surface area contributed by atoms with Crippen LogP contribution < -0.4 is 10.1 Å². The van der Waals surface area contributed by atoms with Crippen LogP contribution in [0.2, 0.25) is 5.02 Å². The van der Waals surface area contributed by atoms with Crippen molar-refractivity contribution in [3.05, 3.63) is 47.5 Å². The molecule has 0 aliphatic carbocycles. The van der Waals surface area contributed by atoms with Gasteiger partial charge in [0, 0.05) is 17.0 Å². The Labute approximate surface area is 142 Å². The van der Waals surface area contributed by atoms with Gasteiger partial charge in [-0.1, -0.05) is 50.6 Å². The Balaban J connectivity index is 2.35. The maximum absolute atomic E-state index is 12.3. The van der Waals surface area contributed by atoms with E-state index in [9.17, 15) is 4.79 Å². The second-order valence-corrected chi connectivity index (χ2v) is 7.14. The summed E-state index contributed by atoms with van der Waals surface area (Å²) < 4.78 is 5.27. The van der Waals surface area contributed by atoms with Gasteiger partial charge in [0.15, 0.2) is 0 Å². The summed E-state index contributed by atoms with van der Waals surface area (Å²) in [6.45, 7) is 6.11. The Morgan fingerprint density at radius 3 is 2.57 bits per heavy atom. The van der Waals surface area contributed by atoms with Gasteiger partial charge in [0.2, 0.25) is 5.91 Å². The molecule has 3 nitrogen and oxygen atoms in total. The maximum Gasteiger partial charge on any atom is 0.224 e. The Morgan fingerprint density at radius 1 is 1.17 bits per heavy atom. The Kier molecular flexibility index (Phi) is 5.32. The highest BCUT2D eigenvalue weighted by Gasteiger charge is 2.17. The smallest absolute Gasteiger partial charge is 0.224 e. The zero-order valence-electron chi connectivity index (χ0n) is 13.9. The topological polar surface area (TPSA) is 38.3 Å². The number of carbonyl (C=O) groups excluding carboxylic acids is 1. The fourth-order valence-electron chi connectivity index (χ4n) is 2.34. The predicted molar refractivity (Wildman–Crippen MR) is 96.1 cm³/mol. The van der Waals surface area contributed by atoms with Gasteiger partial charge in [0.05, 0.1) is 12.8 Å². The molecular formula is C19H22ClNO2. The lowest BCUT2D eigenvalue weighted by Gasteiger charge is -2.18. The van der Waals surface area contributed by atoms with Crippen LogP contribution in [-0.4, -0.2) is 13.0 Å². The van der Waals surface area contributed by atoms with Gasteiger partial charge in [-0.25, -0.2) is 0 Å². The molecule has 2 rings (SSSR count). The minimum absolute atomic E-state index is 0.0242. The number of ether oxygens (including phenoxy) is 1. The van der Waals surface area contributed by atoms with Crippen molar-refractivity contribution in [1.82, 2.24) is 0 Å². The first kappa shape index (κ1) is 17.4. The van der Waals surface area contributed by atoms with Crippen molar-refractivity contribution < 1.29 is 9.53 Å². The van der Waals surface area contributed by atoms with E-state index in [1.54, 1.807) is 13.2 Å². The van der Waals surface area contributed by atoms with Crippen molar-refractivity contribution in [3.63, 3.8) is 0 Å². The minimum Gasteiger partial charge on any atom is -0.497 e. The van der Waals surface area contributed by atoms with Gasteiger partial charge in [-0.2, -0.15) is 0 Å². The zero-order chi connectivity index (χ0) is 17.0. The highest BCUT2D eigenvalue weighted by Crippen LogP contribution is 2.33. The van der Waals surface area contributed by atoms with Crippen LogP contribution in [0, 0.1) is 5.41 Å². The van der Waals surface area contributed by atoms with Crippen LogP contribution >= 0.6 is 11.6 Å². The van der Waals surface area contributed by atoms with Crippen LogP contribution in [0.25, 0.3) is 11.1 Å². The molecule has 4 heteroatoms. The number of benzene rings is 2. The van der Waals surface area contributed by atoms with Gasteiger partial charge in [-0.05, 0) is 35.2 Å². The lowest BCUT2D eigenvalue weighted by Crippen LogP contribution is -2.20. The molecule has 0 unspecified atom stereocenters. The highest BCUT2D eigenvalue weighted by atomic mass is 35.5. The number of hydrogen-bond acceptors (Lipinski definition) is 2. The van der Waals surface area contributed by atoms with Gasteiger partial charge in [0.1, 0.15) is 5.75 Å². The van der Waals surface area contributed by atoms with Gasteiger partial charge >= 0.3 is 0 Å². The van der Waals surface area contributed by atoms with Crippen LogP contribution in [0.15, 0.2) is 42.5 Å². The number of anilines is 1. The first-order valence-electron chi connectivity index (χ1n) is 7.52. The van der Waals surface area contributed by atoms with E-state index >= 15 is 0 Å². The number of halogens is 1. The fraction of sp³-hybridized carbons (Fsp3) is 0.316. The zero-order valence-corrected chi connectivity index (χ0v) is 14.7. The third-order valence-corrected chi connectivity index (χ3v) is 3.56. The SMILES string of the molecule is COc1cccc(-c2ccc(Cl)cc2NC(=O)CC(C)(C)C)c1. The average molecular weight is 332 g/mol. The third-order valence-electron chi connectivity index (χ3n) is 3.33. The molecule has 2 aromatic rings. The molecule has 0 spiro atoms. The molecule has 0 aromatic heterocycles. The molecule has 2 aromatic carbocycles. The summed E-state index contributed by atoms with van der Waals surface area (Å²) in [6, 6.07) is 13.2. The lowest BCUT2D eigenvalue weighted by atomic mass is 9.92. The molecule has 0 aliphatic heterocycles. The summed E-state index contributed by atoms with van der Waals surface area (Å²) in [5, 5.41) is 3.57. The standard InChI is InChI=1S/C19H22ClNO2/c1-19(2,3)12-18(22)21-17-11-14(20)8-9-16(17)13-6-5-7-15(10-13)23-4/h5-11H,12H2,1-4H3,(H,21,22).